The molecule has 0 bridgehead atoms. The van der Waals surface area contributed by atoms with Crippen LogP contribution >= 0.6 is 11.3 Å². The van der Waals surface area contributed by atoms with Crippen molar-refractivity contribution < 1.29 is 18.7 Å². The molecule has 184 valence electrons. The molecular weight excluding hydrogens is 463 g/mol. The predicted octanol–water partition coefficient (Wildman–Crippen LogP) is 5.66. The molecule has 2 amide bonds. The number of carbonyl (C=O) groups is 2. The Morgan fingerprint density at radius 2 is 1.86 bits per heavy atom. The van der Waals surface area contributed by atoms with Crippen LogP contribution < -0.4 is 10.1 Å². The minimum absolute atomic E-state index is 0.0882. The van der Waals surface area contributed by atoms with Crippen molar-refractivity contribution in [3.8, 4) is 5.75 Å². The number of ether oxygens (including phenoxy) is 1. The molecule has 0 saturated heterocycles. The van der Waals surface area contributed by atoms with Crippen LogP contribution in [0.3, 0.4) is 0 Å². The van der Waals surface area contributed by atoms with Gasteiger partial charge < -0.3 is 15.0 Å². The molecule has 0 aliphatic heterocycles. The van der Waals surface area contributed by atoms with E-state index in [1.165, 1.54) is 29.9 Å². The summed E-state index contributed by atoms with van der Waals surface area (Å²) in [5.74, 6) is -0.100. The van der Waals surface area contributed by atoms with Crippen molar-refractivity contribution in [3.63, 3.8) is 0 Å². The zero-order valence-electron chi connectivity index (χ0n) is 19.9. The fraction of sp³-hybridized carbons (Fsp3) is 0.357. The zero-order valence-corrected chi connectivity index (χ0v) is 20.7. The molecule has 1 N–H and O–H groups in total. The Labute approximate surface area is 209 Å². The van der Waals surface area contributed by atoms with Gasteiger partial charge in [-0.25, -0.2) is 4.39 Å². The number of hydrogen-bond donors (Lipinski definition) is 1. The van der Waals surface area contributed by atoms with Gasteiger partial charge in [0.15, 0.2) is 0 Å². The number of amides is 2. The van der Waals surface area contributed by atoms with Gasteiger partial charge >= 0.3 is 0 Å². The predicted molar refractivity (Wildman–Crippen MR) is 136 cm³/mol. The number of thiophene rings is 1. The molecule has 35 heavy (non-hydrogen) atoms. The van der Waals surface area contributed by atoms with Crippen LogP contribution in [0, 0.1) is 5.82 Å². The first-order valence-electron chi connectivity index (χ1n) is 12.0. The van der Waals surface area contributed by atoms with Crippen LogP contribution in [-0.4, -0.2) is 29.9 Å². The minimum atomic E-state index is -0.879. The Morgan fingerprint density at radius 3 is 2.54 bits per heavy atom. The quantitative estimate of drug-likeness (QED) is 0.418. The topological polar surface area (TPSA) is 58.6 Å². The van der Waals surface area contributed by atoms with E-state index in [1.54, 1.807) is 24.1 Å². The van der Waals surface area contributed by atoms with E-state index in [-0.39, 0.29) is 36.6 Å². The second kappa shape index (κ2) is 12.0. The Hall–Kier alpha value is -3.19. The lowest BCUT2D eigenvalue weighted by atomic mass is 9.94. The lowest BCUT2D eigenvalue weighted by molar-refractivity contribution is -0.141. The number of hydrogen-bond acceptors (Lipinski definition) is 4. The summed E-state index contributed by atoms with van der Waals surface area (Å²) < 4.78 is 19.1. The van der Waals surface area contributed by atoms with Gasteiger partial charge in [-0.2, -0.15) is 0 Å². The molecule has 0 radical (unpaired) electrons. The van der Waals surface area contributed by atoms with Gasteiger partial charge in [0, 0.05) is 17.5 Å². The van der Waals surface area contributed by atoms with Gasteiger partial charge in [-0.15, -0.1) is 11.3 Å². The number of nitrogens with one attached hydrogen (secondary N) is 1. The van der Waals surface area contributed by atoms with Crippen molar-refractivity contribution in [2.75, 3.05) is 7.11 Å². The Balaban J connectivity index is 1.69. The smallest absolute Gasteiger partial charge is 0.247 e. The molecule has 0 spiro atoms. The van der Waals surface area contributed by atoms with E-state index < -0.39 is 6.04 Å². The number of methoxy groups -OCH3 is 1. The lowest BCUT2D eigenvalue weighted by Crippen LogP contribution is -2.47. The molecule has 7 heteroatoms. The monoisotopic (exact) mass is 494 g/mol. The van der Waals surface area contributed by atoms with E-state index in [1.807, 2.05) is 41.8 Å². The molecule has 1 saturated carbocycles. The first kappa shape index (κ1) is 24.9. The number of halogens is 1. The maximum atomic E-state index is 13.8. The fourth-order valence-electron chi connectivity index (χ4n) is 4.60. The summed E-state index contributed by atoms with van der Waals surface area (Å²) in [6.45, 7) is 0.224. The summed E-state index contributed by atoms with van der Waals surface area (Å²) in [5, 5.41) is 5.12. The van der Waals surface area contributed by atoms with E-state index in [4.69, 9.17) is 4.74 Å². The number of nitrogens with zero attached hydrogens (tertiary/aromatic N) is 1. The van der Waals surface area contributed by atoms with Gasteiger partial charge in [0.1, 0.15) is 17.6 Å². The largest absolute Gasteiger partial charge is 0.497 e. The highest BCUT2D eigenvalue weighted by Gasteiger charge is 2.33. The number of rotatable bonds is 9. The van der Waals surface area contributed by atoms with E-state index in [0.29, 0.717) is 11.3 Å². The second-order valence-corrected chi connectivity index (χ2v) is 9.96. The van der Waals surface area contributed by atoms with Gasteiger partial charge in [0.2, 0.25) is 11.8 Å². The van der Waals surface area contributed by atoms with Crippen molar-refractivity contribution in [2.45, 2.75) is 57.2 Å². The van der Waals surface area contributed by atoms with Gasteiger partial charge in [0.05, 0.1) is 13.5 Å². The summed E-state index contributed by atoms with van der Waals surface area (Å²) in [6.07, 6.45) is 5.39. The third-order valence-electron chi connectivity index (χ3n) is 6.41. The molecule has 5 nitrogen and oxygen atoms in total. The molecular formula is C28H31FN2O3S. The number of benzene rings is 2. The zero-order chi connectivity index (χ0) is 24.6. The second-order valence-electron chi connectivity index (χ2n) is 8.93. The Kier molecular flexibility index (Phi) is 8.53. The van der Waals surface area contributed by atoms with Crippen LogP contribution in [-0.2, 0) is 22.6 Å². The molecule has 1 heterocycles. The molecule has 3 aromatic rings. The van der Waals surface area contributed by atoms with Gasteiger partial charge in [-0.05, 0) is 59.7 Å². The third-order valence-corrected chi connectivity index (χ3v) is 7.29. The van der Waals surface area contributed by atoms with Crippen LogP contribution in [0.25, 0.3) is 0 Å². The van der Waals surface area contributed by atoms with Crippen LogP contribution in [0.2, 0.25) is 0 Å². The minimum Gasteiger partial charge on any atom is -0.497 e. The normalized spacial score (nSPS) is 14.8. The fourth-order valence-corrected chi connectivity index (χ4v) is 5.30. The van der Waals surface area contributed by atoms with Crippen LogP contribution in [0.5, 0.6) is 5.75 Å². The average molecular weight is 495 g/mol. The molecule has 4 rings (SSSR count). The molecule has 2 aromatic carbocycles. The molecule has 1 aliphatic rings. The van der Waals surface area contributed by atoms with Crippen molar-refractivity contribution in [1.29, 1.82) is 0 Å². The van der Waals surface area contributed by atoms with Gasteiger partial charge in [-0.3, -0.25) is 9.59 Å². The standard InChI is InChI=1S/C28H31FN2O3S/c1-34-24-10-5-7-20(17-24)19-31(26(32)18-25-11-6-16-35-25)27(21-12-14-22(29)15-13-21)28(33)30-23-8-3-2-4-9-23/h5-7,10-17,23,27H,2-4,8-9,18-19H2,1H3,(H,30,33). The SMILES string of the molecule is COc1cccc(CN(C(=O)Cc2cccs2)C(C(=O)NC2CCCCC2)c2ccc(F)cc2)c1. The van der Waals surface area contributed by atoms with Crippen molar-refractivity contribution in [2.24, 2.45) is 0 Å². The van der Waals surface area contributed by atoms with Crippen molar-refractivity contribution in [1.82, 2.24) is 10.2 Å². The summed E-state index contributed by atoms with van der Waals surface area (Å²) in [6, 6.07) is 16.4. The Bertz CT molecular complexity index is 1110. The molecule has 1 fully saturated rings. The van der Waals surface area contributed by atoms with Crippen molar-refractivity contribution >= 4 is 23.2 Å². The van der Waals surface area contributed by atoms with E-state index in [9.17, 15) is 14.0 Å². The summed E-state index contributed by atoms with van der Waals surface area (Å²) in [5.41, 5.74) is 1.43. The average Bonchev–Trinajstić information content (AvgIpc) is 3.38. The van der Waals surface area contributed by atoms with Crippen LogP contribution in [0.1, 0.15) is 54.1 Å². The molecule has 1 aromatic heterocycles. The summed E-state index contributed by atoms with van der Waals surface area (Å²) in [4.78, 5) is 30.0. The molecule has 1 atom stereocenters. The maximum Gasteiger partial charge on any atom is 0.247 e. The van der Waals surface area contributed by atoms with Crippen LogP contribution in [0.4, 0.5) is 4.39 Å². The number of carbonyl (C=O) groups excluding carboxylic acids is 2. The summed E-state index contributed by atoms with van der Waals surface area (Å²) >= 11 is 1.51. The van der Waals surface area contributed by atoms with E-state index in [0.717, 1.165) is 36.1 Å². The van der Waals surface area contributed by atoms with Gasteiger partial charge in [-0.1, -0.05) is 49.6 Å². The maximum absolute atomic E-state index is 13.8. The van der Waals surface area contributed by atoms with E-state index in [2.05, 4.69) is 5.32 Å². The molecule has 1 unspecified atom stereocenters. The van der Waals surface area contributed by atoms with Crippen LogP contribution in [0.15, 0.2) is 66.0 Å². The van der Waals surface area contributed by atoms with Crippen molar-refractivity contribution in [3.05, 3.63) is 87.9 Å². The first-order valence-corrected chi connectivity index (χ1v) is 12.9. The van der Waals surface area contributed by atoms with E-state index >= 15 is 0 Å². The third kappa shape index (κ3) is 6.69. The highest BCUT2D eigenvalue weighted by molar-refractivity contribution is 7.10. The molecule has 1 aliphatic carbocycles. The highest BCUT2D eigenvalue weighted by atomic mass is 32.1. The summed E-state index contributed by atoms with van der Waals surface area (Å²) in [7, 11) is 1.60. The lowest BCUT2D eigenvalue weighted by Gasteiger charge is -2.33. The first-order chi connectivity index (χ1) is 17.0. The Morgan fingerprint density at radius 1 is 1.09 bits per heavy atom. The highest BCUT2D eigenvalue weighted by Crippen LogP contribution is 2.28. The van der Waals surface area contributed by atoms with Gasteiger partial charge in [0.25, 0.3) is 0 Å².